The molecule has 2 saturated heterocycles. The Morgan fingerprint density at radius 2 is 1.43 bits per heavy atom. The van der Waals surface area contributed by atoms with Crippen LogP contribution in [0.25, 0.3) is 0 Å². The second kappa shape index (κ2) is 7.40. The third-order valence-corrected chi connectivity index (χ3v) is 4.07. The zero-order valence-electron chi connectivity index (χ0n) is 12.5. The molecule has 0 bridgehead atoms. The average molecular weight is 297 g/mol. The molecule has 2 fully saturated rings. The number of carbonyl (C=O) groups is 3. The summed E-state index contributed by atoms with van der Waals surface area (Å²) < 4.78 is 4.50. The van der Waals surface area contributed by atoms with Crippen molar-refractivity contribution in [1.29, 1.82) is 0 Å². The van der Waals surface area contributed by atoms with E-state index in [2.05, 4.69) is 9.64 Å². The second-order valence-corrected chi connectivity index (χ2v) is 5.50. The molecule has 0 aromatic heterocycles. The molecule has 0 N–H and O–H groups in total. The minimum absolute atomic E-state index is 0.182. The van der Waals surface area contributed by atoms with Crippen molar-refractivity contribution in [3.05, 3.63) is 0 Å². The largest absolute Gasteiger partial charge is 0.469 e. The molecule has 0 aromatic rings. The summed E-state index contributed by atoms with van der Waals surface area (Å²) in [5.41, 5.74) is 0. The standard InChI is InChI=1S/C14H23N3O4/c1-21-14(20)10-12(18)17-8-6-15(7-9-17)11-13(19)16-4-2-3-5-16/h2-11H2,1H3. The zero-order chi connectivity index (χ0) is 15.2. The van der Waals surface area contributed by atoms with Gasteiger partial charge in [0.25, 0.3) is 0 Å². The zero-order valence-corrected chi connectivity index (χ0v) is 12.5. The van der Waals surface area contributed by atoms with E-state index in [0.717, 1.165) is 25.9 Å². The van der Waals surface area contributed by atoms with Gasteiger partial charge in [0.05, 0.1) is 13.7 Å². The van der Waals surface area contributed by atoms with Crippen molar-refractivity contribution < 1.29 is 19.1 Å². The minimum Gasteiger partial charge on any atom is -0.469 e. The SMILES string of the molecule is COC(=O)CC(=O)N1CCN(CC(=O)N2CCCC2)CC1. The van der Waals surface area contributed by atoms with E-state index in [1.165, 1.54) is 7.11 Å². The van der Waals surface area contributed by atoms with Gasteiger partial charge in [0, 0.05) is 39.3 Å². The van der Waals surface area contributed by atoms with E-state index in [4.69, 9.17) is 0 Å². The van der Waals surface area contributed by atoms with Crippen LogP contribution in [0.1, 0.15) is 19.3 Å². The molecular formula is C14H23N3O4. The van der Waals surface area contributed by atoms with Gasteiger partial charge in [-0.15, -0.1) is 0 Å². The summed E-state index contributed by atoms with van der Waals surface area (Å²) >= 11 is 0. The summed E-state index contributed by atoms with van der Waals surface area (Å²) in [6.07, 6.45) is 1.99. The molecule has 2 heterocycles. The van der Waals surface area contributed by atoms with Gasteiger partial charge in [-0.2, -0.15) is 0 Å². The maximum atomic E-state index is 12.1. The highest BCUT2D eigenvalue weighted by Gasteiger charge is 2.26. The Morgan fingerprint density at radius 1 is 0.857 bits per heavy atom. The number of methoxy groups -OCH3 is 1. The monoisotopic (exact) mass is 297 g/mol. The van der Waals surface area contributed by atoms with Crippen LogP contribution in [0.15, 0.2) is 0 Å². The molecule has 7 nitrogen and oxygen atoms in total. The second-order valence-electron chi connectivity index (χ2n) is 5.50. The van der Waals surface area contributed by atoms with Crippen molar-refractivity contribution in [3.63, 3.8) is 0 Å². The summed E-state index contributed by atoms with van der Waals surface area (Å²) in [5.74, 6) is -0.527. The first kappa shape index (κ1) is 15.8. The summed E-state index contributed by atoms with van der Waals surface area (Å²) in [5, 5.41) is 0. The van der Waals surface area contributed by atoms with Crippen molar-refractivity contribution in [2.75, 3.05) is 52.9 Å². The van der Waals surface area contributed by atoms with Gasteiger partial charge in [-0.25, -0.2) is 0 Å². The fraction of sp³-hybridized carbons (Fsp3) is 0.786. The highest BCUT2D eigenvalue weighted by Crippen LogP contribution is 2.09. The number of piperazine rings is 1. The van der Waals surface area contributed by atoms with Crippen molar-refractivity contribution in [2.45, 2.75) is 19.3 Å². The Hall–Kier alpha value is -1.63. The van der Waals surface area contributed by atoms with Gasteiger partial charge >= 0.3 is 5.97 Å². The molecule has 0 atom stereocenters. The van der Waals surface area contributed by atoms with E-state index in [-0.39, 0.29) is 18.2 Å². The van der Waals surface area contributed by atoms with Crippen LogP contribution >= 0.6 is 0 Å². The number of likely N-dealkylation sites (tertiary alicyclic amines) is 1. The van der Waals surface area contributed by atoms with E-state index in [1.807, 2.05) is 4.90 Å². The van der Waals surface area contributed by atoms with Crippen LogP contribution in [-0.2, 0) is 19.1 Å². The Balaban J connectivity index is 1.71. The van der Waals surface area contributed by atoms with Gasteiger partial charge in [-0.1, -0.05) is 0 Å². The molecular weight excluding hydrogens is 274 g/mol. The lowest BCUT2D eigenvalue weighted by molar-refractivity contribution is -0.147. The molecule has 0 aliphatic carbocycles. The maximum absolute atomic E-state index is 12.1. The van der Waals surface area contributed by atoms with Crippen molar-refractivity contribution in [1.82, 2.24) is 14.7 Å². The number of hydrogen-bond acceptors (Lipinski definition) is 5. The van der Waals surface area contributed by atoms with E-state index in [9.17, 15) is 14.4 Å². The molecule has 0 unspecified atom stereocenters. The lowest BCUT2D eigenvalue weighted by atomic mass is 10.2. The van der Waals surface area contributed by atoms with E-state index < -0.39 is 5.97 Å². The molecule has 2 amide bonds. The maximum Gasteiger partial charge on any atom is 0.315 e. The molecule has 0 saturated carbocycles. The molecule has 2 aliphatic rings. The quantitative estimate of drug-likeness (QED) is 0.508. The third-order valence-electron chi connectivity index (χ3n) is 4.07. The van der Waals surface area contributed by atoms with Crippen LogP contribution in [0.3, 0.4) is 0 Å². The van der Waals surface area contributed by atoms with Gasteiger partial charge in [-0.05, 0) is 12.8 Å². The highest BCUT2D eigenvalue weighted by atomic mass is 16.5. The molecule has 2 rings (SSSR count). The summed E-state index contributed by atoms with van der Waals surface area (Å²) in [7, 11) is 1.28. The molecule has 0 radical (unpaired) electrons. The Bertz CT molecular complexity index is 399. The first-order chi connectivity index (χ1) is 10.1. The van der Waals surface area contributed by atoms with Gasteiger partial charge in [-0.3, -0.25) is 19.3 Å². The molecule has 2 aliphatic heterocycles. The van der Waals surface area contributed by atoms with Crippen molar-refractivity contribution in [3.8, 4) is 0 Å². The van der Waals surface area contributed by atoms with Crippen LogP contribution in [0, 0.1) is 0 Å². The molecule has 7 heteroatoms. The number of ether oxygens (including phenoxy) is 1. The first-order valence-electron chi connectivity index (χ1n) is 7.45. The number of hydrogen-bond donors (Lipinski definition) is 0. The lowest BCUT2D eigenvalue weighted by Crippen LogP contribution is -2.51. The van der Waals surface area contributed by atoms with Crippen LogP contribution in [0.4, 0.5) is 0 Å². The number of rotatable bonds is 4. The Morgan fingerprint density at radius 3 is 2.00 bits per heavy atom. The summed E-state index contributed by atoms with van der Waals surface area (Å²) in [6.45, 7) is 4.64. The summed E-state index contributed by atoms with van der Waals surface area (Å²) in [6, 6.07) is 0. The number of carbonyl (C=O) groups excluding carboxylic acids is 3. The Kier molecular flexibility index (Phi) is 5.55. The lowest BCUT2D eigenvalue weighted by Gasteiger charge is -2.34. The minimum atomic E-state index is -0.508. The molecule has 21 heavy (non-hydrogen) atoms. The van der Waals surface area contributed by atoms with Crippen LogP contribution < -0.4 is 0 Å². The fourth-order valence-corrected chi connectivity index (χ4v) is 2.72. The first-order valence-corrected chi connectivity index (χ1v) is 7.45. The van der Waals surface area contributed by atoms with Gasteiger partial charge < -0.3 is 14.5 Å². The van der Waals surface area contributed by atoms with E-state index in [1.54, 1.807) is 4.90 Å². The molecule has 0 aromatic carbocycles. The van der Waals surface area contributed by atoms with Gasteiger partial charge in [0.15, 0.2) is 0 Å². The predicted molar refractivity (Wildman–Crippen MR) is 75.5 cm³/mol. The molecule has 0 spiro atoms. The van der Waals surface area contributed by atoms with Gasteiger partial charge in [0.1, 0.15) is 6.42 Å². The number of nitrogens with zero attached hydrogens (tertiary/aromatic N) is 3. The van der Waals surface area contributed by atoms with Crippen molar-refractivity contribution >= 4 is 17.8 Å². The Labute approximate surface area is 124 Å². The molecule has 118 valence electrons. The average Bonchev–Trinajstić information content (AvgIpc) is 3.02. The van der Waals surface area contributed by atoms with Crippen molar-refractivity contribution in [2.24, 2.45) is 0 Å². The van der Waals surface area contributed by atoms with Crippen LogP contribution in [0.5, 0.6) is 0 Å². The van der Waals surface area contributed by atoms with E-state index >= 15 is 0 Å². The number of esters is 1. The summed E-state index contributed by atoms with van der Waals surface area (Å²) in [4.78, 5) is 40.6. The van der Waals surface area contributed by atoms with Crippen LogP contribution in [-0.4, -0.2) is 85.4 Å². The number of amides is 2. The third kappa shape index (κ3) is 4.42. The van der Waals surface area contributed by atoms with E-state index in [0.29, 0.717) is 32.7 Å². The fourth-order valence-electron chi connectivity index (χ4n) is 2.72. The normalized spacial score (nSPS) is 19.7. The predicted octanol–water partition coefficient (Wildman–Crippen LogP) is -0.684. The van der Waals surface area contributed by atoms with Crippen LogP contribution in [0.2, 0.25) is 0 Å². The topological polar surface area (TPSA) is 70.2 Å². The highest BCUT2D eigenvalue weighted by molar-refractivity contribution is 5.94. The smallest absolute Gasteiger partial charge is 0.315 e. The van der Waals surface area contributed by atoms with Gasteiger partial charge in [0.2, 0.25) is 11.8 Å².